The Labute approximate surface area is 119 Å². The summed E-state index contributed by atoms with van der Waals surface area (Å²) in [6.45, 7) is 0. The Balaban J connectivity index is 0. The van der Waals surface area contributed by atoms with E-state index in [4.69, 9.17) is 13.0 Å². The van der Waals surface area contributed by atoms with Crippen molar-refractivity contribution in [2.24, 2.45) is 0 Å². The molecule has 0 spiro atoms. The Morgan fingerprint density at radius 2 is 1.38 bits per heavy atom. The van der Waals surface area contributed by atoms with Crippen molar-refractivity contribution in [3.8, 4) is 0 Å². The number of halogens is 3. The first-order valence-corrected chi connectivity index (χ1v) is 6.68. The summed E-state index contributed by atoms with van der Waals surface area (Å²) in [4.78, 5) is 11.0. The van der Waals surface area contributed by atoms with Crippen LogP contribution in [0.2, 0.25) is 0 Å². The van der Waals surface area contributed by atoms with E-state index in [2.05, 4.69) is 21.1 Å². The van der Waals surface area contributed by atoms with E-state index >= 15 is 0 Å². The molecule has 0 radical (unpaired) electrons. The van der Waals surface area contributed by atoms with Gasteiger partial charge in [-0.15, -0.1) is 0 Å². The van der Waals surface area contributed by atoms with Gasteiger partial charge in [-0.2, -0.15) is 13.2 Å². The molecule has 0 aliphatic heterocycles. The van der Waals surface area contributed by atoms with Crippen molar-refractivity contribution in [1.29, 1.82) is 0 Å². The van der Waals surface area contributed by atoms with Gasteiger partial charge in [-0.1, -0.05) is 18.2 Å². The zero-order valence-electron chi connectivity index (χ0n) is 11.4. The van der Waals surface area contributed by atoms with Gasteiger partial charge >= 0.3 is 5.51 Å². The number of nitro groups is 1. The molecular formula is C10H15F3N2O5S. The third-order valence-electron chi connectivity index (χ3n) is 1.25. The van der Waals surface area contributed by atoms with Crippen molar-refractivity contribution >= 4 is 15.8 Å². The van der Waals surface area contributed by atoms with Crippen LogP contribution in [-0.2, 0) is 10.1 Å². The molecule has 7 nitrogen and oxygen atoms in total. The highest BCUT2D eigenvalue weighted by Crippen LogP contribution is 2.20. The number of nitrogens with one attached hydrogen (secondary N) is 1. The van der Waals surface area contributed by atoms with E-state index in [1.54, 1.807) is 18.2 Å². The Bertz CT molecular complexity index is 514. The first-order valence-electron chi connectivity index (χ1n) is 5.27. The molecule has 21 heavy (non-hydrogen) atoms. The summed E-state index contributed by atoms with van der Waals surface area (Å²) in [6.07, 6.45) is 0. The monoisotopic (exact) mass is 332 g/mol. The minimum absolute atomic E-state index is 0.137. The van der Waals surface area contributed by atoms with E-state index in [9.17, 15) is 23.3 Å². The Morgan fingerprint density at radius 3 is 1.52 bits per heavy atom. The predicted molar refractivity (Wildman–Crippen MR) is 67.6 cm³/mol. The third kappa shape index (κ3) is 13.0. The molecule has 0 atom stereocenters. The van der Waals surface area contributed by atoms with E-state index in [1.165, 1.54) is 17.0 Å². The van der Waals surface area contributed by atoms with Gasteiger partial charge in [-0.3, -0.25) is 10.1 Å². The minimum Gasteiger partial charge on any atom is -0.741 e. The van der Waals surface area contributed by atoms with E-state index in [0.717, 1.165) is 0 Å². The molecule has 1 aromatic rings. The largest absolute Gasteiger partial charge is 0.741 e. The lowest BCUT2D eigenvalue weighted by Crippen LogP contribution is -3.02. The molecule has 0 saturated heterocycles. The van der Waals surface area contributed by atoms with Crippen molar-refractivity contribution in [1.82, 2.24) is 0 Å². The summed E-state index contributed by atoms with van der Waals surface area (Å²) in [6, 6.07) is 7.93. The highest BCUT2D eigenvalue weighted by molar-refractivity contribution is 7.86. The highest BCUT2D eigenvalue weighted by atomic mass is 32.2. The van der Waals surface area contributed by atoms with Gasteiger partial charge in [0.2, 0.25) is 0 Å². The highest BCUT2D eigenvalue weighted by Gasteiger charge is 2.36. The zero-order valence-corrected chi connectivity index (χ0v) is 12.2. The van der Waals surface area contributed by atoms with Gasteiger partial charge in [-0.05, 0) is 0 Å². The quantitative estimate of drug-likeness (QED) is 0.347. The number of nitro benzene ring substituents is 1. The summed E-state index contributed by atoms with van der Waals surface area (Å²) < 4.78 is 58.9. The molecular weight excluding hydrogens is 317 g/mol. The molecule has 0 bridgehead atoms. The first-order chi connectivity index (χ1) is 9.29. The molecule has 0 unspecified atom stereocenters. The van der Waals surface area contributed by atoms with Crippen molar-refractivity contribution in [3.05, 3.63) is 40.4 Å². The van der Waals surface area contributed by atoms with Crippen LogP contribution in [0.4, 0.5) is 18.9 Å². The van der Waals surface area contributed by atoms with Gasteiger partial charge in [0.25, 0.3) is 5.69 Å². The molecule has 11 heteroatoms. The summed E-state index contributed by atoms with van der Waals surface area (Å²) >= 11 is 0. The molecule has 0 heterocycles. The standard InChI is InChI=1S/C6H5NO2.C3H9N.CHF3O3S/c8-7(9)6-4-2-1-3-5-6;1-4(2)3;2-1(3,4)8(5,6)7/h1-5H;1-3H3;(H,5,6,7). The van der Waals surface area contributed by atoms with E-state index in [-0.39, 0.29) is 5.69 Å². The summed E-state index contributed by atoms with van der Waals surface area (Å²) in [5.41, 5.74) is -5.51. The van der Waals surface area contributed by atoms with E-state index in [1.807, 2.05) is 0 Å². The van der Waals surface area contributed by atoms with E-state index in [0.29, 0.717) is 0 Å². The van der Waals surface area contributed by atoms with Gasteiger partial charge in [0.15, 0.2) is 10.1 Å². The predicted octanol–water partition coefficient (Wildman–Crippen LogP) is 0.407. The van der Waals surface area contributed by atoms with Gasteiger partial charge < -0.3 is 9.45 Å². The van der Waals surface area contributed by atoms with Crippen LogP contribution in [0.5, 0.6) is 0 Å². The van der Waals surface area contributed by atoms with Crippen LogP contribution in [0.1, 0.15) is 0 Å². The van der Waals surface area contributed by atoms with Gasteiger partial charge in [0, 0.05) is 12.1 Å². The maximum Gasteiger partial charge on any atom is 0.485 e. The number of para-hydroxylation sites is 1. The molecule has 0 saturated carbocycles. The molecule has 1 aromatic carbocycles. The smallest absolute Gasteiger partial charge is 0.485 e. The maximum atomic E-state index is 10.7. The molecule has 1 N–H and O–H groups in total. The average Bonchev–Trinajstić information content (AvgIpc) is 2.27. The number of quaternary nitrogens is 1. The second kappa shape index (κ2) is 9.26. The van der Waals surface area contributed by atoms with Crippen LogP contribution < -0.4 is 4.90 Å². The fourth-order valence-corrected chi connectivity index (χ4v) is 0.550. The molecule has 0 aliphatic rings. The Morgan fingerprint density at radius 1 is 1.10 bits per heavy atom. The van der Waals surface area contributed by atoms with Crippen LogP contribution in [0, 0.1) is 10.1 Å². The SMILES string of the molecule is C[NH+](C)C.O=S(=O)([O-])C(F)(F)F.O=[N+]([O-])c1ccccc1. The summed E-state index contributed by atoms with van der Waals surface area (Å²) in [7, 11) is 0.160. The molecule has 0 aliphatic carbocycles. The zero-order chi connectivity index (χ0) is 17.3. The van der Waals surface area contributed by atoms with Gasteiger partial charge in [0.05, 0.1) is 26.1 Å². The lowest BCUT2D eigenvalue weighted by Gasteiger charge is -2.08. The first kappa shape index (κ1) is 21.6. The molecule has 0 fully saturated rings. The lowest BCUT2D eigenvalue weighted by atomic mass is 10.3. The van der Waals surface area contributed by atoms with Crippen molar-refractivity contribution in [2.75, 3.05) is 21.1 Å². The van der Waals surface area contributed by atoms with Crippen LogP contribution in [0.15, 0.2) is 30.3 Å². The number of hydrogen-bond acceptors (Lipinski definition) is 5. The average molecular weight is 332 g/mol. The van der Waals surface area contributed by atoms with Crippen molar-refractivity contribution in [3.63, 3.8) is 0 Å². The van der Waals surface area contributed by atoms with Crippen molar-refractivity contribution < 1.29 is 36.0 Å². The van der Waals surface area contributed by atoms with Crippen LogP contribution >= 0.6 is 0 Å². The number of benzene rings is 1. The lowest BCUT2D eigenvalue weighted by molar-refractivity contribution is -0.836. The number of alkyl halides is 3. The van der Waals surface area contributed by atoms with E-state index < -0.39 is 20.5 Å². The normalized spacial score (nSPS) is 10.9. The van der Waals surface area contributed by atoms with Gasteiger partial charge in [-0.25, -0.2) is 8.42 Å². The summed E-state index contributed by atoms with van der Waals surface area (Å²) in [5, 5.41) is 10.0. The molecule has 122 valence electrons. The fraction of sp³-hybridized carbons (Fsp3) is 0.400. The van der Waals surface area contributed by atoms with Crippen LogP contribution in [-0.4, -0.2) is 44.5 Å². The number of hydrogen-bond donors (Lipinski definition) is 1. The van der Waals surface area contributed by atoms with Crippen LogP contribution in [0.3, 0.4) is 0 Å². The van der Waals surface area contributed by atoms with Gasteiger partial charge in [0.1, 0.15) is 0 Å². The molecule has 0 amide bonds. The molecule has 1 rings (SSSR count). The van der Waals surface area contributed by atoms with Crippen LogP contribution in [0.25, 0.3) is 0 Å². The second-order valence-corrected chi connectivity index (χ2v) is 5.36. The maximum absolute atomic E-state index is 10.7. The topological polar surface area (TPSA) is 105 Å². The third-order valence-corrected chi connectivity index (χ3v) is 1.82. The Kier molecular flexibility index (Phi) is 9.51. The second-order valence-electron chi connectivity index (χ2n) is 3.99. The molecule has 0 aromatic heterocycles. The van der Waals surface area contributed by atoms with Crippen molar-refractivity contribution in [2.45, 2.75) is 5.51 Å². The summed E-state index contributed by atoms with van der Waals surface area (Å²) in [5.74, 6) is 0. The number of non-ortho nitro benzene ring substituents is 1. The number of nitrogens with zero attached hydrogens (tertiary/aromatic N) is 1. The Hall–Kier alpha value is -1.72. The minimum atomic E-state index is -6.09. The fourth-order valence-electron chi connectivity index (χ4n) is 0.550. The number of rotatable bonds is 1.